The van der Waals surface area contributed by atoms with Gasteiger partial charge < -0.3 is 10.2 Å². The molecule has 114 valence electrons. The average molecular weight is 377 g/mol. The molecule has 0 radical (unpaired) electrons. The minimum Gasteiger partial charge on any atom is -0.450 e. The largest absolute Gasteiger partial charge is 0.450 e. The lowest BCUT2D eigenvalue weighted by Crippen LogP contribution is -2.35. The molecule has 1 heterocycles. The van der Waals surface area contributed by atoms with Gasteiger partial charge in [-0.1, -0.05) is 18.2 Å². The number of hydrazine groups is 1. The molecule has 1 atom stereocenters. The molecule has 0 fully saturated rings. The first-order valence-electron chi connectivity index (χ1n) is 5.91. The highest BCUT2D eigenvalue weighted by atomic mass is 79.9. The Hall–Kier alpha value is -1.44. The van der Waals surface area contributed by atoms with Gasteiger partial charge in [-0.25, -0.2) is 14.8 Å². The summed E-state index contributed by atoms with van der Waals surface area (Å²) in [5, 5.41) is 1.59. The number of hydrogen-bond donors (Lipinski definition) is 1. The predicted octanol–water partition coefficient (Wildman–Crippen LogP) is 2.19. The molecule has 0 saturated heterocycles. The molecule has 1 aromatic heterocycles. The van der Waals surface area contributed by atoms with E-state index in [1.54, 1.807) is 14.1 Å². The van der Waals surface area contributed by atoms with Crippen LogP contribution in [0.5, 0.6) is 0 Å². The van der Waals surface area contributed by atoms with Gasteiger partial charge in [-0.2, -0.15) is 0 Å². The maximum atomic E-state index is 12.2. The molecular weight excluding hydrogens is 362 g/mol. The van der Waals surface area contributed by atoms with Gasteiger partial charge in [0.1, 0.15) is 10.9 Å². The van der Waals surface area contributed by atoms with E-state index in [0.29, 0.717) is 4.47 Å². The zero-order chi connectivity index (χ0) is 16.2. The minimum absolute atomic E-state index is 0.0260. The van der Waals surface area contributed by atoms with Gasteiger partial charge in [-0.15, -0.1) is 0 Å². The number of esters is 1. The SMILES string of the molecule is C=C(NN(C)C)C(=O)OC(C)C(=O)c1cc(Br)cnc1Cl. The molecule has 1 unspecified atom stereocenters. The van der Waals surface area contributed by atoms with E-state index in [0.717, 1.165) is 0 Å². The molecule has 0 aromatic carbocycles. The third-order valence-corrected chi connectivity index (χ3v) is 3.06. The van der Waals surface area contributed by atoms with Gasteiger partial charge in [-0.05, 0) is 28.9 Å². The highest BCUT2D eigenvalue weighted by Crippen LogP contribution is 2.20. The van der Waals surface area contributed by atoms with Crippen LogP contribution in [0, 0.1) is 0 Å². The van der Waals surface area contributed by atoms with Crippen LogP contribution < -0.4 is 5.43 Å². The van der Waals surface area contributed by atoms with E-state index in [2.05, 4.69) is 32.9 Å². The number of ether oxygens (including phenoxy) is 1. The van der Waals surface area contributed by atoms with Crippen molar-refractivity contribution in [2.24, 2.45) is 0 Å². The summed E-state index contributed by atoms with van der Waals surface area (Å²) < 4.78 is 5.65. The van der Waals surface area contributed by atoms with Crippen LogP contribution in [0.2, 0.25) is 5.15 Å². The Morgan fingerprint density at radius 3 is 2.71 bits per heavy atom. The quantitative estimate of drug-likeness (QED) is 0.270. The maximum absolute atomic E-state index is 12.2. The summed E-state index contributed by atoms with van der Waals surface area (Å²) in [5.74, 6) is -1.16. The van der Waals surface area contributed by atoms with Crippen molar-refractivity contribution in [2.45, 2.75) is 13.0 Å². The highest BCUT2D eigenvalue weighted by molar-refractivity contribution is 9.10. The van der Waals surface area contributed by atoms with Crippen LogP contribution in [0.15, 0.2) is 29.0 Å². The third kappa shape index (κ3) is 5.11. The first kappa shape index (κ1) is 17.6. The number of nitrogens with zero attached hydrogens (tertiary/aromatic N) is 2. The number of aromatic nitrogens is 1. The fraction of sp³-hybridized carbons (Fsp3) is 0.308. The van der Waals surface area contributed by atoms with Crippen molar-refractivity contribution >= 4 is 39.3 Å². The Morgan fingerprint density at radius 2 is 2.14 bits per heavy atom. The Bertz CT molecular complexity index is 578. The standard InChI is InChI=1S/C13H15BrClN3O3/c1-7(17-18(3)4)13(20)21-8(2)11(19)10-5-9(14)6-16-12(10)15/h5-6,8,17H,1H2,2-4H3. The monoisotopic (exact) mass is 375 g/mol. The van der Waals surface area contributed by atoms with Gasteiger partial charge in [0, 0.05) is 24.8 Å². The minimum atomic E-state index is -1.01. The lowest BCUT2D eigenvalue weighted by atomic mass is 10.1. The Morgan fingerprint density at radius 1 is 1.52 bits per heavy atom. The molecule has 6 nitrogen and oxygen atoms in total. The fourth-order valence-corrected chi connectivity index (χ4v) is 1.94. The lowest BCUT2D eigenvalue weighted by Gasteiger charge is -2.17. The van der Waals surface area contributed by atoms with Gasteiger partial charge >= 0.3 is 5.97 Å². The van der Waals surface area contributed by atoms with Crippen molar-refractivity contribution in [1.29, 1.82) is 0 Å². The molecule has 0 aliphatic heterocycles. The Balaban J connectivity index is 2.77. The van der Waals surface area contributed by atoms with Crippen LogP contribution in [-0.2, 0) is 9.53 Å². The van der Waals surface area contributed by atoms with E-state index in [4.69, 9.17) is 16.3 Å². The molecule has 0 aliphatic carbocycles. The summed E-state index contributed by atoms with van der Waals surface area (Å²) >= 11 is 9.08. The summed E-state index contributed by atoms with van der Waals surface area (Å²) in [7, 11) is 3.39. The number of rotatable bonds is 6. The second kappa shape index (κ2) is 7.53. The van der Waals surface area contributed by atoms with Crippen molar-refractivity contribution in [3.05, 3.63) is 39.7 Å². The molecule has 0 saturated carbocycles. The summed E-state index contributed by atoms with van der Waals surface area (Å²) in [6, 6.07) is 1.52. The Kier molecular flexibility index (Phi) is 6.32. The molecule has 8 heteroatoms. The van der Waals surface area contributed by atoms with Crippen molar-refractivity contribution in [2.75, 3.05) is 14.1 Å². The number of ketones is 1. The molecule has 0 spiro atoms. The number of pyridine rings is 1. The first-order chi connectivity index (χ1) is 9.72. The van der Waals surface area contributed by atoms with E-state index < -0.39 is 17.9 Å². The van der Waals surface area contributed by atoms with Gasteiger partial charge in [0.2, 0.25) is 5.78 Å². The summed E-state index contributed by atoms with van der Waals surface area (Å²) in [6.07, 6.45) is 0.463. The fourth-order valence-electron chi connectivity index (χ4n) is 1.42. The van der Waals surface area contributed by atoms with E-state index in [1.807, 2.05) is 0 Å². The third-order valence-electron chi connectivity index (χ3n) is 2.33. The molecule has 0 amide bonds. The van der Waals surface area contributed by atoms with E-state index in [1.165, 1.54) is 24.2 Å². The normalized spacial score (nSPS) is 11.9. The molecule has 0 bridgehead atoms. The number of carbonyl (C=O) groups excluding carboxylic acids is 2. The summed E-state index contributed by atoms with van der Waals surface area (Å²) in [4.78, 5) is 27.8. The van der Waals surface area contributed by atoms with Crippen LogP contribution in [0.3, 0.4) is 0 Å². The lowest BCUT2D eigenvalue weighted by molar-refractivity contribution is -0.142. The molecule has 1 aromatic rings. The molecular formula is C13H15BrClN3O3. The van der Waals surface area contributed by atoms with E-state index >= 15 is 0 Å². The van der Waals surface area contributed by atoms with E-state index in [9.17, 15) is 9.59 Å². The van der Waals surface area contributed by atoms with Crippen LogP contribution in [0.4, 0.5) is 0 Å². The van der Waals surface area contributed by atoms with Crippen molar-refractivity contribution in [3.8, 4) is 0 Å². The van der Waals surface area contributed by atoms with Crippen LogP contribution in [-0.4, -0.2) is 41.9 Å². The smallest absolute Gasteiger partial charge is 0.355 e. The molecule has 1 rings (SSSR count). The molecule has 0 aliphatic rings. The Labute approximate surface area is 136 Å². The maximum Gasteiger partial charge on any atom is 0.355 e. The topological polar surface area (TPSA) is 71.5 Å². The number of Topliss-reactive ketones (excluding diaryl/α,β-unsaturated/α-hetero) is 1. The van der Waals surface area contributed by atoms with Crippen LogP contribution >= 0.6 is 27.5 Å². The van der Waals surface area contributed by atoms with Gasteiger partial charge in [-0.3, -0.25) is 4.79 Å². The van der Waals surface area contributed by atoms with Gasteiger partial charge in [0.25, 0.3) is 0 Å². The van der Waals surface area contributed by atoms with E-state index in [-0.39, 0.29) is 16.4 Å². The zero-order valence-corrected chi connectivity index (χ0v) is 14.2. The van der Waals surface area contributed by atoms with Crippen molar-refractivity contribution < 1.29 is 14.3 Å². The summed E-state index contributed by atoms with van der Waals surface area (Å²) in [6.45, 7) is 4.99. The van der Waals surface area contributed by atoms with Gasteiger partial charge in [0.15, 0.2) is 6.10 Å². The number of carbonyl (C=O) groups is 2. The first-order valence-corrected chi connectivity index (χ1v) is 7.08. The molecule has 1 N–H and O–H groups in total. The second-order valence-corrected chi connectivity index (χ2v) is 5.66. The van der Waals surface area contributed by atoms with Crippen LogP contribution in [0.25, 0.3) is 0 Å². The molecule has 21 heavy (non-hydrogen) atoms. The number of nitrogens with one attached hydrogen (secondary N) is 1. The summed E-state index contributed by atoms with van der Waals surface area (Å²) in [5.41, 5.74) is 2.86. The van der Waals surface area contributed by atoms with Crippen molar-refractivity contribution in [1.82, 2.24) is 15.4 Å². The average Bonchev–Trinajstić information content (AvgIpc) is 2.39. The number of hydrogen-bond acceptors (Lipinski definition) is 6. The predicted molar refractivity (Wildman–Crippen MR) is 82.8 cm³/mol. The van der Waals surface area contributed by atoms with Crippen molar-refractivity contribution in [3.63, 3.8) is 0 Å². The van der Waals surface area contributed by atoms with Gasteiger partial charge in [0.05, 0.1) is 5.56 Å². The zero-order valence-electron chi connectivity index (χ0n) is 11.8. The highest BCUT2D eigenvalue weighted by Gasteiger charge is 2.23. The second-order valence-electron chi connectivity index (χ2n) is 4.39. The van der Waals surface area contributed by atoms with Crippen LogP contribution in [0.1, 0.15) is 17.3 Å². The number of halogens is 2.